The van der Waals surface area contributed by atoms with Crippen LogP contribution in [0.15, 0.2) is 12.3 Å². The Bertz CT molecular complexity index is 355. The van der Waals surface area contributed by atoms with E-state index in [-0.39, 0.29) is 11.9 Å². The lowest BCUT2D eigenvalue weighted by molar-refractivity contribution is -0.145. The van der Waals surface area contributed by atoms with E-state index in [0.29, 0.717) is 12.5 Å². The predicted molar refractivity (Wildman–Crippen MR) is 55.4 cm³/mol. The first-order valence-corrected chi connectivity index (χ1v) is 5.32. The Hall–Kier alpha value is -1.32. The zero-order valence-corrected chi connectivity index (χ0v) is 9.14. The molecule has 1 fully saturated rings. The largest absolute Gasteiger partial charge is 0.469 e. The molecule has 0 N–H and O–H groups in total. The zero-order valence-electron chi connectivity index (χ0n) is 9.14. The van der Waals surface area contributed by atoms with Crippen LogP contribution < -0.4 is 0 Å². The minimum atomic E-state index is -0.182. The molecule has 1 aliphatic carbocycles. The SMILES string of the molecule is COC(=O)C(C)Cn1ccc(C2CC2)n1. The summed E-state index contributed by atoms with van der Waals surface area (Å²) in [5.74, 6) is 0.347. The Morgan fingerprint density at radius 2 is 2.47 bits per heavy atom. The lowest BCUT2D eigenvalue weighted by Gasteiger charge is -2.08. The molecule has 82 valence electrons. The average Bonchev–Trinajstić information content (AvgIpc) is 2.99. The van der Waals surface area contributed by atoms with Crippen molar-refractivity contribution < 1.29 is 9.53 Å². The minimum absolute atomic E-state index is 0.137. The van der Waals surface area contributed by atoms with Crippen molar-refractivity contribution in [2.75, 3.05) is 7.11 Å². The van der Waals surface area contributed by atoms with Gasteiger partial charge in [-0.25, -0.2) is 0 Å². The van der Waals surface area contributed by atoms with Crippen LogP contribution in [0, 0.1) is 5.92 Å². The molecule has 1 saturated carbocycles. The van der Waals surface area contributed by atoms with Crippen molar-refractivity contribution in [3.8, 4) is 0 Å². The van der Waals surface area contributed by atoms with Gasteiger partial charge in [-0.2, -0.15) is 5.10 Å². The summed E-state index contributed by atoms with van der Waals surface area (Å²) in [6.07, 6.45) is 4.44. The standard InChI is InChI=1S/C11H16N2O2/c1-8(11(14)15-2)7-13-6-5-10(12-13)9-3-4-9/h5-6,8-9H,3-4,7H2,1-2H3. The second kappa shape index (κ2) is 4.04. The summed E-state index contributed by atoms with van der Waals surface area (Å²) in [6.45, 7) is 2.45. The Balaban J connectivity index is 1.94. The monoisotopic (exact) mass is 208 g/mol. The van der Waals surface area contributed by atoms with Gasteiger partial charge in [0.2, 0.25) is 0 Å². The molecule has 1 aliphatic rings. The number of carbonyl (C=O) groups excluding carboxylic acids is 1. The van der Waals surface area contributed by atoms with E-state index in [1.807, 2.05) is 23.9 Å². The Morgan fingerprint density at radius 1 is 1.73 bits per heavy atom. The van der Waals surface area contributed by atoms with Gasteiger partial charge in [0.05, 0.1) is 25.3 Å². The van der Waals surface area contributed by atoms with E-state index in [9.17, 15) is 4.79 Å². The maximum Gasteiger partial charge on any atom is 0.310 e. The highest BCUT2D eigenvalue weighted by Crippen LogP contribution is 2.38. The average molecular weight is 208 g/mol. The molecule has 1 aromatic rings. The van der Waals surface area contributed by atoms with Crippen LogP contribution in [0.1, 0.15) is 31.4 Å². The molecule has 1 heterocycles. The first kappa shape index (κ1) is 10.2. The molecule has 4 nitrogen and oxygen atoms in total. The molecule has 1 atom stereocenters. The highest BCUT2D eigenvalue weighted by atomic mass is 16.5. The van der Waals surface area contributed by atoms with E-state index in [0.717, 1.165) is 5.69 Å². The highest BCUT2D eigenvalue weighted by Gasteiger charge is 2.26. The summed E-state index contributed by atoms with van der Waals surface area (Å²) >= 11 is 0. The molecule has 2 rings (SSSR count). The van der Waals surface area contributed by atoms with Crippen molar-refractivity contribution in [1.29, 1.82) is 0 Å². The van der Waals surface area contributed by atoms with Gasteiger partial charge in [-0.05, 0) is 18.9 Å². The Kier molecular flexibility index (Phi) is 2.75. The molecule has 0 aromatic carbocycles. The molecule has 1 aromatic heterocycles. The number of ether oxygens (including phenoxy) is 1. The molecule has 0 radical (unpaired) electrons. The van der Waals surface area contributed by atoms with Crippen molar-refractivity contribution in [3.63, 3.8) is 0 Å². The van der Waals surface area contributed by atoms with Crippen LogP contribution in [0.5, 0.6) is 0 Å². The van der Waals surface area contributed by atoms with Crippen LogP contribution in [0.4, 0.5) is 0 Å². The number of aromatic nitrogens is 2. The van der Waals surface area contributed by atoms with E-state index in [1.165, 1.54) is 20.0 Å². The van der Waals surface area contributed by atoms with Crippen molar-refractivity contribution in [1.82, 2.24) is 9.78 Å². The van der Waals surface area contributed by atoms with Gasteiger partial charge in [0.1, 0.15) is 0 Å². The van der Waals surface area contributed by atoms with Gasteiger partial charge in [0, 0.05) is 12.1 Å². The summed E-state index contributed by atoms with van der Waals surface area (Å²) < 4.78 is 6.50. The van der Waals surface area contributed by atoms with Crippen LogP contribution in [-0.4, -0.2) is 22.9 Å². The number of carbonyl (C=O) groups is 1. The molecule has 1 unspecified atom stereocenters. The minimum Gasteiger partial charge on any atom is -0.469 e. The van der Waals surface area contributed by atoms with E-state index in [4.69, 9.17) is 0 Å². The Labute approximate surface area is 89.2 Å². The topological polar surface area (TPSA) is 44.1 Å². The third kappa shape index (κ3) is 2.37. The number of nitrogens with zero attached hydrogens (tertiary/aromatic N) is 2. The van der Waals surface area contributed by atoms with Gasteiger partial charge in [-0.3, -0.25) is 9.48 Å². The number of hydrogen-bond donors (Lipinski definition) is 0. The maximum atomic E-state index is 11.2. The number of hydrogen-bond acceptors (Lipinski definition) is 3. The number of esters is 1. The first-order chi connectivity index (χ1) is 7.20. The number of methoxy groups -OCH3 is 1. The fourth-order valence-electron chi connectivity index (χ4n) is 1.63. The van der Waals surface area contributed by atoms with Gasteiger partial charge in [0.15, 0.2) is 0 Å². The van der Waals surface area contributed by atoms with Gasteiger partial charge in [-0.15, -0.1) is 0 Å². The van der Waals surface area contributed by atoms with E-state index >= 15 is 0 Å². The smallest absolute Gasteiger partial charge is 0.310 e. The number of rotatable bonds is 4. The second-order valence-electron chi connectivity index (χ2n) is 4.16. The van der Waals surface area contributed by atoms with Gasteiger partial charge >= 0.3 is 5.97 Å². The van der Waals surface area contributed by atoms with Crippen LogP contribution >= 0.6 is 0 Å². The molecule has 0 aliphatic heterocycles. The third-order valence-electron chi connectivity index (χ3n) is 2.72. The predicted octanol–water partition coefficient (Wildman–Crippen LogP) is 1.57. The van der Waals surface area contributed by atoms with Crippen molar-refractivity contribution in [3.05, 3.63) is 18.0 Å². The molecule has 0 spiro atoms. The lowest BCUT2D eigenvalue weighted by atomic mass is 10.2. The molecule has 15 heavy (non-hydrogen) atoms. The summed E-state index contributed by atoms with van der Waals surface area (Å²) in [6, 6.07) is 2.04. The fraction of sp³-hybridized carbons (Fsp3) is 0.636. The van der Waals surface area contributed by atoms with Crippen molar-refractivity contribution in [2.45, 2.75) is 32.2 Å². The molecule has 4 heteroatoms. The van der Waals surface area contributed by atoms with E-state index in [2.05, 4.69) is 9.84 Å². The normalized spacial score (nSPS) is 17.5. The van der Waals surface area contributed by atoms with Crippen LogP contribution in [0.25, 0.3) is 0 Å². The Morgan fingerprint density at radius 3 is 3.07 bits per heavy atom. The highest BCUT2D eigenvalue weighted by molar-refractivity contribution is 5.71. The fourth-order valence-corrected chi connectivity index (χ4v) is 1.63. The van der Waals surface area contributed by atoms with Crippen LogP contribution in [0.3, 0.4) is 0 Å². The third-order valence-corrected chi connectivity index (χ3v) is 2.72. The molecule has 0 amide bonds. The van der Waals surface area contributed by atoms with Crippen molar-refractivity contribution >= 4 is 5.97 Å². The van der Waals surface area contributed by atoms with E-state index < -0.39 is 0 Å². The van der Waals surface area contributed by atoms with E-state index in [1.54, 1.807) is 0 Å². The molecule has 0 bridgehead atoms. The van der Waals surface area contributed by atoms with Crippen LogP contribution in [-0.2, 0) is 16.1 Å². The first-order valence-electron chi connectivity index (χ1n) is 5.32. The van der Waals surface area contributed by atoms with Gasteiger partial charge in [0.25, 0.3) is 0 Å². The maximum absolute atomic E-state index is 11.2. The second-order valence-corrected chi connectivity index (χ2v) is 4.16. The summed E-state index contributed by atoms with van der Waals surface area (Å²) in [4.78, 5) is 11.2. The van der Waals surface area contributed by atoms with Gasteiger partial charge in [-0.1, -0.05) is 6.92 Å². The quantitative estimate of drug-likeness (QED) is 0.705. The summed E-state index contributed by atoms with van der Waals surface area (Å²) in [5.41, 5.74) is 1.16. The lowest BCUT2D eigenvalue weighted by Crippen LogP contribution is -2.19. The molecule has 0 saturated heterocycles. The summed E-state index contributed by atoms with van der Waals surface area (Å²) in [5, 5.41) is 4.44. The molecular formula is C11H16N2O2. The molecular weight excluding hydrogens is 192 g/mol. The van der Waals surface area contributed by atoms with Crippen molar-refractivity contribution in [2.24, 2.45) is 5.92 Å². The zero-order chi connectivity index (χ0) is 10.8. The summed E-state index contributed by atoms with van der Waals surface area (Å²) in [7, 11) is 1.41. The van der Waals surface area contributed by atoms with Gasteiger partial charge < -0.3 is 4.74 Å². The van der Waals surface area contributed by atoms with Crippen LogP contribution in [0.2, 0.25) is 0 Å².